The first-order chi connectivity index (χ1) is 10.4. The van der Waals surface area contributed by atoms with Gasteiger partial charge in [-0.1, -0.05) is 12.1 Å². The fourth-order valence-corrected chi connectivity index (χ4v) is 2.42. The van der Waals surface area contributed by atoms with Gasteiger partial charge in [-0.15, -0.1) is 0 Å². The zero-order valence-electron chi connectivity index (χ0n) is 13.6. The van der Waals surface area contributed by atoms with Gasteiger partial charge in [-0.2, -0.15) is 0 Å². The van der Waals surface area contributed by atoms with Crippen molar-refractivity contribution in [2.75, 3.05) is 32.5 Å². The molecule has 5 nitrogen and oxygen atoms in total. The summed E-state index contributed by atoms with van der Waals surface area (Å²) >= 11 is 0. The number of nitrogens with zero attached hydrogens (tertiary/aromatic N) is 1. The van der Waals surface area contributed by atoms with E-state index in [2.05, 4.69) is 15.5 Å². The van der Waals surface area contributed by atoms with Crippen LogP contribution in [0.5, 0.6) is 0 Å². The molecule has 1 aromatic carbocycles. The van der Waals surface area contributed by atoms with Crippen LogP contribution >= 0.6 is 0 Å². The second kappa shape index (κ2) is 6.92. The summed E-state index contributed by atoms with van der Waals surface area (Å²) in [5.41, 5.74) is 0.967. The molecule has 1 aromatic rings. The second-order valence-electron chi connectivity index (χ2n) is 6.32. The topological polar surface area (TPSA) is 61.4 Å². The van der Waals surface area contributed by atoms with Gasteiger partial charge in [-0.3, -0.25) is 9.59 Å². The molecule has 0 spiro atoms. The van der Waals surface area contributed by atoms with Crippen LogP contribution in [0, 0.1) is 12.3 Å². The normalized spacial score (nSPS) is 15.5. The van der Waals surface area contributed by atoms with Gasteiger partial charge in [-0.25, -0.2) is 0 Å². The third-order valence-electron chi connectivity index (χ3n) is 3.96. The van der Waals surface area contributed by atoms with Crippen molar-refractivity contribution < 1.29 is 9.59 Å². The van der Waals surface area contributed by atoms with Crippen LogP contribution in [0.1, 0.15) is 24.8 Å². The summed E-state index contributed by atoms with van der Waals surface area (Å²) in [5.74, 6) is -0.334. The Labute approximate surface area is 132 Å². The fraction of sp³-hybridized carbons (Fsp3) is 0.529. The van der Waals surface area contributed by atoms with Crippen LogP contribution in [-0.4, -0.2) is 43.9 Å². The Bertz CT molecular complexity index is 551. The highest BCUT2D eigenvalue weighted by Crippen LogP contribution is 2.46. The zero-order chi connectivity index (χ0) is 16.2. The molecule has 0 aliphatic heterocycles. The van der Waals surface area contributed by atoms with Crippen molar-refractivity contribution in [3.05, 3.63) is 29.8 Å². The first-order valence-corrected chi connectivity index (χ1v) is 7.75. The van der Waals surface area contributed by atoms with E-state index in [1.165, 1.54) is 0 Å². The summed E-state index contributed by atoms with van der Waals surface area (Å²) < 4.78 is 0. The summed E-state index contributed by atoms with van der Waals surface area (Å²) in [4.78, 5) is 26.8. The molecule has 0 atom stereocenters. The van der Waals surface area contributed by atoms with Gasteiger partial charge in [0.15, 0.2) is 0 Å². The maximum Gasteiger partial charge on any atom is 0.240 e. The standard InChI is InChI=1S/C17H25N3O2/c1-13-6-4-7-14(12-13)19-16(22)17(8-9-17)15(21)18-10-5-11-20(2)3/h4,6-7,12H,5,8-11H2,1-3H3,(H,18,21)(H,19,22). The van der Waals surface area contributed by atoms with E-state index in [4.69, 9.17) is 0 Å². The molecule has 0 unspecified atom stereocenters. The van der Waals surface area contributed by atoms with E-state index < -0.39 is 5.41 Å². The molecule has 0 bridgehead atoms. The van der Waals surface area contributed by atoms with Crippen LogP contribution in [0.3, 0.4) is 0 Å². The largest absolute Gasteiger partial charge is 0.355 e. The minimum Gasteiger partial charge on any atom is -0.355 e. The van der Waals surface area contributed by atoms with Crippen LogP contribution < -0.4 is 10.6 Å². The van der Waals surface area contributed by atoms with Gasteiger partial charge >= 0.3 is 0 Å². The van der Waals surface area contributed by atoms with Gasteiger partial charge in [0.05, 0.1) is 0 Å². The van der Waals surface area contributed by atoms with Crippen LogP contribution in [0.15, 0.2) is 24.3 Å². The first-order valence-electron chi connectivity index (χ1n) is 7.75. The Morgan fingerprint density at radius 2 is 1.95 bits per heavy atom. The molecular weight excluding hydrogens is 278 g/mol. The Morgan fingerprint density at radius 1 is 1.23 bits per heavy atom. The summed E-state index contributed by atoms with van der Waals surface area (Å²) in [6, 6.07) is 7.62. The smallest absolute Gasteiger partial charge is 0.240 e. The SMILES string of the molecule is Cc1cccc(NC(=O)C2(C(=O)NCCCN(C)C)CC2)c1. The molecule has 22 heavy (non-hydrogen) atoms. The average Bonchev–Trinajstić information content (AvgIpc) is 3.25. The summed E-state index contributed by atoms with van der Waals surface area (Å²) in [7, 11) is 4.00. The number of anilines is 1. The van der Waals surface area contributed by atoms with Crippen molar-refractivity contribution in [1.82, 2.24) is 10.2 Å². The van der Waals surface area contributed by atoms with E-state index >= 15 is 0 Å². The van der Waals surface area contributed by atoms with Crippen LogP contribution in [-0.2, 0) is 9.59 Å². The molecule has 2 N–H and O–H groups in total. The molecule has 5 heteroatoms. The van der Waals surface area contributed by atoms with Crippen LogP contribution in [0.25, 0.3) is 0 Å². The van der Waals surface area contributed by atoms with Crippen LogP contribution in [0.2, 0.25) is 0 Å². The Kier molecular flexibility index (Phi) is 5.19. The fourth-order valence-electron chi connectivity index (χ4n) is 2.42. The van der Waals surface area contributed by atoms with Gasteiger partial charge in [0.25, 0.3) is 0 Å². The third kappa shape index (κ3) is 4.07. The van der Waals surface area contributed by atoms with Gasteiger partial charge < -0.3 is 15.5 Å². The van der Waals surface area contributed by atoms with E-state index in [0.29, 0.717) is 19.4 Å². The molecule has 0 aromatic heterocycles. The Hall–Kier alpha value is -1.88. The second-order valence-corrected chi connectivity index (χ2v) is 6.32. The number of hydrogen-bond acceptors (Lipinski definition) is 3. The van der Waals surface area contributed by atoms with Crippen molar-refractivity contribution in [3.63, 3.8) is 0 Å². The highest BCUT2D eigenvalue weighted by atomic mass is 16.2. The Balaban J connectivity index is 1.87. The maximum absolute atomic E-state index is 12.4. The van der Waals surface area contributed by atoms with Crippen molar-refractivity contribution in [3.8, 4) is 0 Å². The lowest BCUT2D eigenvalue weighted by atomic mass is 10.0. The lowest BCUT2D eigenvalue weighted by Crippen LogP contribution is -2.40. The number of hydrogen-bond donors (Lipinski definition) is 2. The average molecular weight is 303 g/mol. The van der Waals surface area contributed by atoms with E-state index in [1.54, 1.807) is 0 Å². The van der Waals surface area contributed by atoms with Crippen LogP contribution in [0.4, 0.5) is 5.69 Å². The van der Waals surface area contributed by atoms with Crippen molar-refractivity contribution in [2.45, 2.75) is 26.2 Å². The first kappa shape index (κ1) is 16.5. The quantitative estimate of drug-likeness (QED) is 0.596. The van der Waals surface area contributed by atoms with Gasteiger partial charge in [0.1, 0.15) is 5.41 Å². The van der Waals surface area contributed by atoms with Crippen molar-refractivity contribution >= 4 is 17.5 Å². The lowest BCUT2D eigenvalue weighted by molar-refractivity contribution is -0.134. The van der Waals surface area contributed by atoms with E-state index in [9.17, 15) is 9.59 Å². The highest BCUT2D eigenvalue weighted by molar-refractivity contribution is 6.13. The molecule has 120 valence electrons. The lowest BCUT2D eigenvalue weighted by Gasteiger charge is -2.16. The third-order valence-corrected chi connectivity index (χ3v) is 3.96. The molecule has 2 amide bonds. The molecule has 0 radical (unpaired) electrons. The highest BCUT2D eigenvalue weighted by Gasteiger charge is 2.56. The molecule has 1 fully saturated rings. The predicted molar refractivity (Wildman–Crippen MR) is 87.7 cm³/mol. The molecule has 0 saturated heterocycles. The predicted octanol–water partition coefficient (Wildman–Crippen LogP) is 1.78. The molecule has 1 aliphatic carbocycles. The summed E-state index contributed by atoms with van der Waals surface area (Å²) in [6.07, 6.45) is 2.14. The van der Waals surface area contributed by atoms with Crippen molar-refractivity contribution in [2.24, 2.45) is 5.41 Å². The number of rotatable bonds is 7. The molecule has 1 saturated carbocycles. The number of benzene rings is 1. The number of carbonyl (C=O) groups excluding carboxylic acids is 2. The van der Waals surface area contributed by atoms with E-state index in [1.807, 2.05) is 45.3 Å². The van der Waals surface area contributed by atoms with E-state index in [0.717, 1.165) is 24.2 Å². The van der Waals surface area contributed by atoms with Crippen molar-refractivity contribution in [1.29, 1.82) is 0 Å². The number of carbonyl (C=O) groups is 2. The maximum atomic E-state index is 12.4. The summed E-state index contributed by atoms with van der Waals surface area (Å²) in [6.45, 7) is 3.50. The number of aryl methyl sites for hydroxylation is 1. The van der Waals surface area contributed by atoms with Gasteiger partial charge in [-0.05, 0) is 64.5 Å². The van der Waals surface area contributed by atoms with Gasteiger partial charge in [0, 0.05) is 12.2 Å². The van der Waals surface area contributed by atoms with E-state index in [-0.39, 0.29) is 11.8 Å². The Morgan fingerprint density at radius 3 is 2.55 bits per heavy atom. The molecular formula is C17H25N3O2. The minimum absolute atomic E-state index is 0.142. The number of nitrogens with one attached hydrogen (secondary N) is 2. The molecule has 2 rings (SSSR count). The monoisotopic (exact) mass is 303 g/mol. The minimum atomic E-state index is -0.859. The summed E-state index contributed by atoms with van der Waals surface area (Å²) in [5, 5.41) is 5.76. The van der Waals surface area contributed by atoms with Gasteiger partial charge in [0.2, 0.25) is 11.8 Å². The molecule has 1 aliphatic rings. The zero-order valence-corrected chi connectivity index (χ0v) is 13.6. The molecule has 0 heterocycles. The number of amides is 2.